The van der Waals surface area contributed by atoms with Crippen molar-refractivity contribution < 1.29 is 0 Å². The molecule has 1 fully saturated rings. The van der Waals surface area contributed by atoms with Gasteiger partial charge in [-0.2, -0.15) is 4.98 Å². The fourth-order valence-corrected chi connectivity index (χ4v) is 2.64. The van der Waals surface area contributed by atoms with Crippen LogP contribution in [0.4, 0.5) is 5.82 Å². The van der Waals surface area contributed by atoms with Gasteiger partial charge in [0.1, 0.15) is 5.82 Å². The van der Waals surface area contributed by atoms with E-state index in [9.17, 15) is 0 Å². The normalized spacial score (nSPS) is 15.7. The lowest BCUT2D eigenvalue weighted by atomic mass is 9.85. The van der Waals surface area contributed by atoms with Crippen LogP contribution in [0, 0.1) is 5.92 Å². The van der Waals surface area contributed by atoms with Gasteiger partial charge >= 0.3 is 0 Å². The second kappa shape index (κ2) is 4.73. The first-order valence-electron chi connectivity index (χ1n) is 6.37. The van der Waals surface area contributed by atoms with Crippen LogP contribution in [0.25, 0.3) is 10.9 Å². The quantitative estimate of drug-likeness (QED) is 0.792. The first kappa shape index (κ1) is 11.7. The molecular weight excluding hydrogens is 246 g/mol. The van der Waals surface area contributed by atoms with Crippen molar-refractivity contribution in [3.8, 4) is 0 Å². The average Bonchev–Trinajstić information content (AvgIpc) is 2.32. The van der Waals surface area contributed by atoms with E-state index in [1.165, 1.54) is 19.3 Å². The van der Waals surface area contributed by atoms with Crippen molar-refractivity contribution in [2.24, 2.45) is 5.92 Å². The van der Waals surface area contributed by atoms with Crippen molar-refractivity contribution in [3.05, 3.63) is 29.5 Å². The summed E-state index contributed by atoms with van der Waals surface area (Å²) in [6.45, 7) is 1.05. The molecule has 1 aromatic carbocycles. The summed E-state index contributed by atoms with van der Waals surface area (Å²) in [7, 11) is 2.09. The van der Waals surface area contributed by atoms with Gasteiger partial charge < -0.3 is 4.90 Å². The summed E-state index contributed by atoms with van der Waals surface area (Å²) in [5, 5.41) is 1.40. The molecule has 0 unspecified atom stereocenters. The minimum Gasteiger partial charge on any atom is -0.359 e. The molecule has 18 heavy (non-hydrogen) atoms. The maximum absolute atomic E-state index is 6.00. The number of nitrogens with zero attached hydrogens (tertiary/aromatic N) is 3. The zero-order chi connectivity index (χ0) is 12.5. The van der Waals surface area contributed by atoms with E-state index in [0.717, 1.165) is 29.2 Å². The van der Waals surface area contributed by atoms with Crippen LogP contribution in [0.2, 0.25) is 5.28 Å². The van der Waals surface area contributed by atoms with Gasteiger partial charge in [-0.25, -0.2) is 4.98 Å². The van der Waals surface area contributed by atoms with Gasteiger partial charge in [0, 0.05) is 19.0 Å². The van der Waals surface area contributed by atoms with E-state index in [4.69, 9.17) is 11.6 Å². The van der Waals surface area contributed by atoms with Gasteiger partial charge in [-0.15, -0.1) is 0 Å². The molecule has 0 atom stereocenters. The van der Waals surface area contributed by atoms with Crippen LogP contribution >= 0.6 is 11.6 Å². The minimum atomic E-state index is 0.323. The molecule has 0 spiro atoms. The average molecular weight is 262 g/mol. The van der Waals surface area contributed by atoms with Crippen LogP contribution in [0.1, 0.15) is 19.3 Å². The fraction of sp³-hybridized carbons (Fsp3) is 0.429. The lowest BCUT2D eigenvalue weighted by Gasteiger charge is -2.31. The molecular formula is C14H16ClN3. The second-order valence-electron chi connectivity index (χ2n) is 5.01. The number of aromatic nitrogens is 2. The minimum absolute atomic E-state index is 0.323. The Hall–Kier alpha value is -1.35. The van der Waals surface area contributed by atoms with Gasteiger partial charge in [-0.3, -0.25) is 0 Å². The van der Waals surface area contributed by atoms with Crippen molar-refractivity contribution in [3.63, 3.8) is 0 Å². The molecule has 1 aromatic heterocycles. The first-order valence-corrected chi connectivity index (χ1v) is 6.75. The van der Waals surface area contributed by atoms with Crippen LogP contribution in [-0.2, 0) is 0 Å². The van der Waals surface area contributed by atoms with E-state index in [1.54, 1.807) is 0 Å². The summed E-state index contributed by atoms with van der Waals surface area (Å²) >= 11 is 6.00. The highest BCUT2D eigenvalue weighted by molar-refractivity contribution is 6.28. The van der Waals surface area contributed by atoms with Crippen molar-refractivity contribution in [1.82, 2.24) is 9.97 Å². The Morgan fingerprint density at radius 3 is 2.78 bits per heavy atom. The maximum atomic E-state index is 6.00. The lowest BCUT2D eigenvalue weighted by molar-refractivity contribution is 0.321. The SMILES string of the molecule is CN(CC1CCC1)c1nc(Cl)nc2ccccc12. The van der Waals surface area contributed by atoms with Crippen molar-refractivity contribution in [2.45, 2.75) is 19.3 Å². The number of anilines is 1. The van der Waals surface area contributed by atoms with Crippen LogP contribution in [0.3, 0.4) is 0 Å². The Labute approximate surface area is 112 Å². The van der Waals surface area contributed by atoms with Gasteiger partial charge in [0.2, 0.25) is 5.28 Å². The molecule has 0 bridgehead atoms. The second-order valence-corrected chi connectivity index (χ2v) is 5.35. The third-order valence-electron chi connectivity index (χ3n) is 3.67. The molecule has 0 N–H and O–H groups in total. The summed E-state index contributed by atoms with van der Waals surface area (Å²) in [4.78, 5) is 10.9. The Morgan fingerprint density at radius 1 is 1.28 bits per heavy atom. The molecule has 0 radical (unpaired) electrons. The van der Waals surface area contributed by atoms with Crippen molar-refractivity contribution >= 4 is 28.3 Å². The van der Waals surface area contributed by atoms with E-state index in [1.807, 2.05) is 18.2 Å². The van der Waals surface area contributed by atoms with Crippen LogP contribution in [0.5, 0.6) is 0 Å². The van der Waals surface area contributed by atoms with E-state index in [2.05, 4.69) is 28.0 Å². The number of para-hydroxylation sites is 1. The predicted molar refractivity (Wildman–Crippen MR) is 75.2 cm³/mol. The number of halogens is 1. The third kappa shape index (κ3) is 2.15. The molecule has 3 rings (SSSR count). The molecule has 1 aliphatic carbocycles. The van der Waals surface area contributed by atoms with Gasteiger partial charge in [0.25, 0.3) is 0 Å². The number of benzene rings is 1. The lowest BCUT2D eigenvalue weighted by Crippen LogP contribution is -2.30. The highest BCUT2D eigenvalue weighted by Gasteiger charge is 2.20. The summed E-state index contributed by atoms with van der Waals surface area (Å²) < 4.78 is 0. The topological polar surface area (TPSA) is 29.0 Å². The molecule has 2 aromatic rings. The maximum Gasteiger partial charge on any atom is 0.224 e. The summed E-state index contributed by atoms with van der Waals surface area (Å²) in [6.07, 6.45) is 4.03. The molecule has 1 heterocycles. The smallest absolute Gasteiger partial charge is 0.224 e. The van der Waals surface area contributed by atoms with Crippen LogP contribution in [0.15, 0.2) is 24.3 Å². The third-order valence-corrected chi connectivity index (χ3v) is 3.84. The molecule has 3 nitrogen and oxygen atoms in total. The molecule has 0 saturated heterocycles. The molecule has 0 amide bonds. The van der Waals surface area contributed by atoms with Gasteiger partial charge in [-0.1, -0.05) is 18.6 Å². The summed E-state index contributed by atoms with van der Waals surface area (Å²) in [6, 6.07) is 8.02. The van der Waals surface area contributed by atoms with E-state index in [-0.39, 0.29) is 0 Å². The summed E-state index contributed by atoms with van der Waals surface area (Å²) in [5.74, 6) is 1.75. The van der Waals surface area contributed by atoms with Crippen molar-refractivity contribution in [1.29, 1.82) is 0 Å². The van der Waals surface area contributed by atoms with Gasteiger partial charge in [0.15, 0.2) is 0 Å². The molecule has 0 aliphatic heterocycles. The Balaban J connectivity index is 1.98. The largest absolute Gasteiger partial charge is 0.359 e. The Morgan fingerprint density at radius 2 is 2.06 bits per heavy atom. The summed E-state index contributed by atoms with van der Waals surface area (Å²) in [5.41, 5.74) is 0.910. The monoisotopic (exact) mass is 261 g/mol. The molecule has 1 saturated carbocycles. The molecule has 1 aliphatic rings. The van der Waals surface area contributed by atoms with Gasteiger partial charge in [-0.05, 0) is 42.5 Å². The number of rotatable bonds is 3. The molecule has 94 valence electrons. The van der Waals surface area contributed by atoms with E-state index >= 15 is 0 Å². The Kier molecular flexibility index (Phi) is 3.08. The molecule has 4 heteroatoms. The highest BCUT2D eigenvalue weighted by atomic mass is 35.5. The standard InChI is InChI=1S/C14H16ClN3/c1-18(9-10-5-4-6-10)13-11-7-2-3-8-12(11)16-14(15)17-13/h2-3,7-8,10H,4-6,9H2,1H3. The van der Waals surface area contributed by atoms with E-state index < -0.39 is 0 Å². The number of hydrogen-bond acceptors (Lipinski definition) is 3. The Bertz CT molecular complexity index is 566. The van der Waals surface area contributed by atoms with Crippen molar-refractivity contribution in [2.75, 3.05) is 18.5 Å². The van der Waals surface area contributed by atoms with Crippen LogP contribution < -0.4 is 4.90 Å². The number of fused-ring (bicyclic) bond motifs is 1. The zero-order valence-corrected chi connectivity index (χ0v) is 11.2. The zero-order valence-electron chi connectivity index (χ0n) is 10.4. The fourth-order valence-electron chi connectivity index (χ4n) is 2.47. The highest BCUT2D eigenvalue weighted by Crippen LogP contribution is 2.30. The van der Waals surface area contributed by atoms with E-state index in [0.29, 0.717) is 5.28 Å². The van der Waals surface area contributed by atoms with Gasteiger partial charge in [0.05, 0.1) is 5.52 Å². The van der Waals surface area contributed by atoms with Crippen LogP contribution in [-0.4, -0.2) is 23.6 Å². The first-order chi connectivity index (χ1) is 8.74. The number of hydrogen-bond donors (Lipinski definition) is 0. The predicted octanol–water partition coefficient (Wildman–Crippen LogP) is 3.52.